The highest BCUT2D eigenvalue weighted by Crippen LogP contribution is 2.20. The van der Waals surface area contributed by atoms with Gasteiger partial charge in [0.05, 0.1) is 6.04 Å². The van der Waals surface area contributed by atoms with Gasteiger partial charge in [-0.1, -0.05) is 31.1 Å². The van der Waals surface area contributed by atoms with Crippen molar-refractivity contribution >= 4 is 5.91 Å². The molecule has 1 aromatic carbocycles. The van der Waals surface area contributed by atoms with Crippen LogP contribution in [0.4, 0.5) is 4.39 Å². The van der Waals surface area contributed by atoms with E-state index in [2.05, 4.69) is 10.5 Å². The van der Waals surface area contributed by atoms with E-state index in [4.69, 9.17) is 4.52 Å². The van der Waals surface area contributed by atoms with E-state index in [9.17, 15) is 9.18 Å². The summed E-state index contributed by atoms with van der Waals surface area (Å²) in [6, 6.07) is 7.62. The van der Waals surface area contributed by atoms with E-state index in [-0.39, 0.29) is 29.4 Å². The number of hydrogen-bond acceptors (Lipinski definition) is 4. The Morgan fingerprint density at radius 1 is 1.29 bits per heavy atom. The highest BCUT2D eigenvalue weighted by molar-refractivity contribution is 5.92. The fraction of sp³-hybridized carbons (Fsp3) is 0.444. The number of carbonyl (C=O) groups is 1. The van der Waals surface area contributed by atoms with Gasteiger partial charge in [0.2, 0.25) is 0 Å². The van der Waals surface area contributed by atoms with Crippen LogP contribution in [0.1, 0.15) is 54.0 Å². The number of carbonyl (C=O) groups excluding carboxylic acids is 1. The second kappa shape index (κ2) is 8.06. The number of halogens is 1. The van der Waals surface area contributed by atoms with Crippen LogP contribution in [0, 0.1) is 5.82 Å². The Morgan fingerprint density at radius 2 is 1.96 bits per heavy atom. The number of amides is 1. The third-order valence-corrected chi connectivity index (χ3v) is 3.77. The van der Waals surface area contributed by atoms with Crippen molar-refractivity contribution in [3.05, 3.63) is 53.2 Å². The number of aromatic nitrogens is 1. The molecule has 0 aliphatic carbocycles. The summed E-state index contributed by atoms with van der Waals surface area (Å²) in [7, 11) is 3.94. The molecule has 0 radical (unpaired) electrons. The Hall–Kier alpha value is -2.21. The van der Waals surface area contributed by atoms with Gasteiger partial charge < -0.3 is 14.7 Å². The first kappa shape index (κ1) is 18.1. The molecule has 2 aromatic rings. The zero-order valence-electron chi connectivity index (χ0n) is 14.5. The molecule has 0 aliphatic rings. The maximum atomic E-state index is 13.2. The fourth-order valence-electron chi connectivity index (χ4n) is 2.31. The van der Waals surface area contributed by atoms with E-state index in [1.54, 1.807) is 18.2 Å². The highest BCUT2D eigenvalue weighted by Gasteiger charge is 2.19. The molecule has 24 heavy (non-hydrogen) atoms. The lowest BCUT2D eigenvalue weighted by molar-refractivity contribution is 0.0923. The third-order valence-electron chi connectivity index (χ3n) is 3.77. The van der Waals surface area contributed by atoms with E-state index in [0.717, 1.165) is 12.1 Å². The maximum Gasteiger partial charge on any atom is 0.273 e. The van der Waals surface area contributed by atoms with Crippen LogP contribution in [-0.2, 0) is 0 Å². The predicted molar refractivity (Wildman–Crippen MR) is 90.4 cm³/mol. The van der Waals surface area contributed by atoms with Crippen LogP contribution < -0.4 is 5.32 Å². The lowest BCUT2D eigenvalue weighted by atomic mass is 10.0. The zero-order chi connectivity index (χ0) is 17.7. The van der Waals surface area contributed by atoms with Crippen molar-refractivity contribution < 1.29 is 13.7 Å². The van der Waals surface area contributed by atoms with Crippen molar-refractivity contribution in [2.45, 2.75) is 32.2 Å². The minimum atomic E-state index is -0.297. The number of rotatable bonds is 7. The van der Waals surface area contributed by atoms with Gasteiger partial charge in [0.1, 0.15) is 11.6 Å². The summed E-state index contributed by atoms with van der Waals surface area (Å²) in [5, 5.41) is 6.80. The summed E-state index contributed by atoms with van der Waals surface area (Å²) in [5.41, 5.74) is 1.12. The van der Waals surface area contributed by atoms with Gasteiger partial charge in [0.15, 0.2) is 5.69 Å². The van der Waals surface area contributed by atoms with E-state index in [0.29, 0.717) is 12.2 Å². The molecular weight excluding hydrogens is 309 g/mol. The smallest absolute Gasteiger partial charge is 0.273 e. The van der Waals surface area contributed by atoms with Crippen molar-refractivity contribution in [1.29, 1.82) is 0 Å². The summed E-state index contributed by atoms with van der Waals surface area (Å²) in [6.45, 7) is 4.74. The molecule has 6 heteroatoms. The topological polar surface area (TPSA) is 58.4 Å². The number of nitrogens with one attached hydrogen (secondary N) is 1. The summed E-state index contributed by atoms with van der Waals surface area (Å²) >= 11 is 0. The molecule has 2 rings (SSSR count). The van der Waals surface area contributed by atoms with Crippen molar-refractivity contribution in [2.24, 2.45) is 0 Å². The molecule has 1 heterocycles. The van der Waals surface area contributed by atoms with E-state index in [1.807, 2.05) is 32.8 Å². The van der Waals surface area contributed by atoms with E-state index in [1.165, 1.54) is 12.1 Å². The monoisotopic (exact) mass is 333 g/mol. The Balaban J connectivity index is 2.13. The third kappa shape index (κ3) is 4.89. The first-order valence-corrected chi connectivity index (χ1v) is 8.04. The minimum absolute atomic E-state index is 0.167. The first-order chi connectivity index (χ1) is 11.4. The van der Waals surface area contributed by atoms with Crippen molar-refractivity contribution in [2.75, 3.05) is 20.6 Å². The molecule has 1 amide bonds. The summed E-state index contributed by atoms with van der Waals surface area (Å²) in [4.78, 5) is 14.5. The van der Waals surface area contributed by atoms with Crippen molar-refractivity contribution in [3.8, 4) is 0 Å². The number of nitrogens with zero attached hydrogens (tertiary/aromatic N) is 2. The molecule has 1 aromatic heterocycles. The highest BCUT2D eigenvalue weighted by atomic mass is 19.1. The number of hydrogen-bond donors (Lipinski definition) is 1. The van der Waals surface area contributed by atoms with Crippen molar-refractivity contribution in [3.63, 3.8) is 0 Å². The lowest BCUT2D eigenvalue weighted by Crippen LogP contribution is -2.31. The fourth-order valence-corrected chi connectivity index (χ4v) is 2.31. The molecule has 0 saturated heterocycles. The Labute approximate surface area is 141 Å². The van der Waals surface area contributed by atoms with Gasteiger partial charge in [-0.15, -0.1) is 0 Å². The van der Waals surface area contributed by atoms with Crippen LogP contribution in [0.25, 0.3) is 0 Å². The van der Waals surface area contributed by atoms with Gasteiger partial charge in [-0.2, -0.15) is 0 Å². The van der Waals surface area contributed by atoms with Gasteiger partial charge in [-0.3, -0.25) is 4.79 Å². The van der Waals surface area contributed by atoms with Gasteiger partial charge in [-0.05, 0) is 44.8 Å². The van der Waals surface area contributed by atoms with Crippen LogP contribution in [0.5, 0.6) is 0 Å². The second-order valence-corrected chi connectivity index (χ2v) is 6.44. The summed E-state index contributed by atoms with van der Waals surface area (Å²) in [6.07, 6.45) is 0.708. The lowest BCUT2D eigenvalue weighted by Gasteiger charge is -2.20. The van der Waals surface area contributed by atoms with Crippen LogP contribution >= 0.6 is 0 Å². The molecule has 1 atom stereocenters. The Kier molecular flexibility index (Phi) is 6.09. The zero-order valence-corrected chi connectivity index (χ0v) is 14.5. The van der Waals surface area contributed by atoms with E-state index < -0.39 is 0 Å². The van der Waals surface area contributed by atoms with Crippen LogP contribution in [0.15, 0.2) is 34.9 Å². The largest absolute Gasteiger partial charge is 0.360 e. The first-order valence-electron chi connectivity index (χ1n) is 8.04. The molecule has 0 spiro atoms. The quantitative estimate of drug-likeness (QED) is 0.844. The maximum absolute atomic E-state index is 13.2. The molecule has 0 saturated carbocycles. The van der Waals surface area contributed by atoms with Crippen LogP contribution in [0.2, 0.25) is 0 Å². The van der Waals surface area contributed by atoms with Gasteiger partial charge in [-0.25, -0.2) is 4.39 Å². The molecule has 5 nitrogen and oxygen atoms in total. The van der Waals surface area contributed by atoms with Crippen molar-refractivity contribution in [1.82, 2.24) is 15.4 Å². The molecule has 0 bridgehead atoms. The normalized spacial score (nSPS) is 12.6. The molecule has 130 valence electrons. The predicted octanol–water partition coefficient (Wildman–Crippen LogP) is 3.36. The molecule has 0 fully saturated rings. The average molecular weight is 333 g/mol. The van der Waals surface area contributed by atoms with Gasteiger partial charge in [0.25, 0.3) is 5.91 Å². The Bertz CT molecular complexity index is 665. The number of benzene rings is 1. The summed E-state index contributed by atoms with van der Waals surface area (Å²) in [5.74, 6) is 0.251. The summed E-state index contributed by atoms with van der Waals surface area (Å²) < 4.78 is 18.3. The molecule has 1 unspecified atom stereocenters. The second-order valence-electron chi connectivity index (χ2n) is 6.44. The van der Waals surface area contributed by atoms with Gasteiger partial charge >= 0.3 is 0 Å². The molecular formula is C18H24FN3O2. The van der Waals surface area contributed by atoms with E-state index >= 15 is 0 Å². The Morgan fingerprint density at radius 3 is 2.50 bits per heavy atom. The minimum Gasteiger partial charge on any atom is -0.360 e. The van der Waals surface area contributed by atoms with Crippen LogP contribution in [0.3, 0.4) is 0 Å². The average Bonchev–Trinajstić information content (AvgIpc) is 3.02. The SMILES string of the molecule is CC(C)c1cc(C(=O)NC(CCN(C)C)c2ccc(F)cc2)no1. The standard InChI is InChI=1S/C18H24FN3O2/c1-12(2)17-11-16(21-24-17)18(23)20-15(9-10-22(3)4)13-5-7-14(19)8-6-13/h5-8,11-12,15H,9-10H2,1-4H3,(H,20,23). The molecule has 1 N–H and O–H groups in total. The van der Waals surface area contributed by atoms with Crippen LogP contribution in [-0.4, -0.2) is 36.6 Å². The van der Waals surface area contributed by atoms with Gasteiger partial charge in [0, 0.05) is 12.0 Å². The molecule has 0 aliphatic heterocycles.